The van der Waals surface area contributed by atoms with Crippen LogP contribution in [0.15, 0.2) is 35.7 Å². The zero-order valence-corrected chi connectivity index (χ0v) is 13.7. The molecule has 3 heterocycles. The third-order valence-electron chi connectivity index (χ3n) is 4.25. The van der Waals surface area contributed by atoms with Gasteiger partial charge >= 0.3 is 0 Å². The summed E-state index contributed by atoms with van der Waals surface area (Å²) in [5, 5.41) is 10.6. The van der Waals surface area contributed by atoms with Crippen LogP contribution in [-0.4, -0.2) is 16.3 Å². The summed E-state index contributed by atoms with van der Waals surface area (Å²) in [5.74, 6) is 1.18. The molecule has 1 aromatic carbocycles. The molecule has 3 aromatic rings. The van der Waals surface area contributed by atoms with Gasteiger partial charge in [0, 0.05) is 23.4 Å². The van der Waals surface area contributed by atoms with Crippen LogP contribution in [0.1, 0.15) is 27.3 Å². The molecule has 0 saturated heterocycles. The zero-order chi connectivity index (χ0) is 15.1. The number of hydrogen-bond acceptors (Lipinski definition) is 3. The standard InChI is InChI=1S/C18H19N3S/c1-12-5-6-13(2)17(10-12)21-18-15(7-8-19-18)16(20-21)11-14-4-3-9-22-14/h3-6,9-10,19H,7-8,11H2,1-2H3. The molecule has 0 fully saturated rings. The van der Waals surface area contributed by atoms with E-state index in [-0.39, 0.29) is 0 Å². The number of fused-ring (bicyclic) bond motifs is 1. The average Bonchev–Trinajstić information content (AvgIpc) is 3.21. The number of nitrogens with zero attached hydrogens (tertiary/aromatic N) is 2. The highest BCUT2D eigenvalue weighted by atomic mass is 32.1. The molecular weight excluding hydrogens is 290 g/mol. The number of anilines is 1. The van der Waals surface area contributed by atoms with Crippen LogP contribution >= 0.6 is 11.3 Å². The van der Waals surface area contributed by atoms with Gasteiger partial charge in [-0.25, -0.2) is 4.68 Å². The molecule has 0 saturated carbocycles. The Labute approximate surface area is 134 Å². The first-order chi connectivity index (χ1) is 10.7. The Morgan fingerprint density at radius 1 is 1.27 bits per heavy atom. The van der Waals surface area contributed by atoms with Crippen molar-refractivity contribution in [1.29, 1.82) is 0 Å². The molecule has 0 unspecified atom stereocenters. The van der Waals surface area contributed by atoms with Crippen LogP contribution in [-0.2, 0) is 12.8 Å². The van der Waals surface area contributed by atoms with Crippen molar-refractivity contribution < 1.29 is 0 Å². The molecule has 0 amide bonds. The Morgan fingerprint density at radius 2 is 2.18 bits per heavy atom. The number of hydrogen-bond donors (Lipinski definition) is 1. The van der Waals surface area contributed by atoms with Crippen molar-refractivity contribution in [1.82, 2.24) is 9.78 Å². The maximum atomic E-state index is 4.94. The summed E-state index contributed by atoms with van der Waals surface area (Å²) < 4.78 is 2.10. The lowest BCUT2D eigenvalue weighted by Gasteiger charge is -2.10. The zero-order valence-electron chi connectivity index (χ0n) is 12.9. The molecule has 0 spiro atoms. The second-order valence-electron chi connectivity index (χ2n) is 5.91. The van der Waals surface area contributed by atoms with E-state index in [4.69, 9.17) is 5.10 Å². The fourth-order valence-electron chi connectivity index (χ4n) is 3.09. The Hall–Kier alpha value is -2.07. The van der Waals surface area contributed by atoms with Gasteiger partial charge in [-0.2, -0.15) is 5.10 Å². The first-order valence-electron chi connectivity index (χ1n) is 7.67. The maximum Gasteiger partial charge on any atom is 0.133 e. The lowest BCUT2D eigenvalue weighted by atomic mass is 10.1. The molecule has 0 aliphatic carbocycles. The van der Waals surface area contributed by atoms with Gasteiger partial charge in [-0.3, -0.25) is 0 Å². The van der Waals surface area contributed by atoms with Crippen LogP contribution in [0.3, 0.4) is 0 Å². The van der Waals surface area contributed by atoms with Crippen molar-refractivity contribution in [3.8, 4) is 5.69 Å². The van der Waals surface area contributed by atoms with Crippen LogP contribution in [0.4, 0.5) is 5.82 Å². The average molecular weight is 309 g/mol. The number of rotatable bonds is 3. The number of nitrogens with one attached hydrogen (secondary N) is 1. The molecule has 2 aromatic heterocycles. The summed E-state index contributed by atoms with van der Waals surface area (Å²) in [4.78, 5) is 1.38. The lowest BCUT2D eigenvalue weighted by molar-refractivity contribution is 0.836. The fourth-order valence-corrected chi connectivity index (χ4v) is 3.80. The lowest BCUT2D eigenvalue weighted by Crippen LogP contribution is -2.06. The van der Waals surface area contributed by atoms with E-state index >= 15 is 0 Å². The second kappa shape index (κ2) is 5.29. The van der Waals surface area contributed by atoms with Gasteiger partial charge in [0.2, 0.25) is 0 Å². The Morgan fingerprint density at radius 3 is 3.00 bits per heavy atom. The minimum Gasteiger partial charge on any atom is -0.369 e. The molecule has 112 valence electrons. The van der Waals surface area contributed by atoms with Gasteiger partial charge in [0.1, 0.15) is 5.82 Å². The fraction of sp³-hybridized carbons (Fsp3) is 0.278. The number of thiophene rings is 1. The Bertz CT molecular complexity index is 815. The molecule has 3 nitrogen and oxygen atoms in total. The van der Waals surface area contributed by atoms with Gasteiger partial charge in [-0.1, -0.05) is 18.2 Å². The van der Waals surface area contributed by atoms with Crippen molar-refractivity contribution in [2.24, 2.45) is 0 Å². The Balaban J connectivity index is 1.82. The molecule has 4 rings (SSSR count). The van der Waals surface area contributed by atoms with E-state index in [9.17, 15) is 0 Å². The molecule has 0 bridgehead atoms. The highest BCUT2D eigenvalue weighted by Gasteiger charge is 2.23. The second-order valence-corrected chi connectivity index (χ2v) is 6.94. The topological polar surface area (TPSA) is 29.9 Å². The molecule has 1 aliphatic heterocycles. The summed E-state index contributed by atoms with van der Waals surface area (Å²) in [5.41, 5.74) is 6.30. The normalized spacial score (nSPS) is 13.2. The summed E-state index contributed by atoms with van der Waals surface area (Å²) in [7, 11) is 0. The summed E-state index contributed by atoms with van der Waals surface area (Å²) >= 11 is 1.80. The Kier molecular flexibility index (Phi) is 3.26. The quantitative estimate of drug-likeness (QED) is 0.789. The first-order valence-corrected chi connectivity index (χ1v) is 8.55. The van der Waals surface area contributed by atoms with Crippen molar-refractivity contribution in [2.75, 3.05) is 11.9 Å². The van der Waals surface area contributed by atoms with Crippen molar-refractivity contribution in [2.45, 2.75) is 26.7 Å². The number of aromatic nitrogens is 2. The van der Waals surface area contributed by atoms with E-state index in [1.54, 1.807) is 11.3 Å². The van der Waals surface area contributed by atoms with E-state index in [2.05, 4.69) is 59.6 Å². The number of benzene rings is 1. The predicted molar refractivity (Wildman–Crippen MR) is 92.4 cm³/mol. The highest BCUT2D eigenvalue weighted by Crippen LogP contribution is 2.31. The molecule has 0 atom stereocenters. The summed E-state index contributed by atoms with van der Waals surface area (Å²) in [6, 6.07) is 10.9. The van der Waals surface area contributed by atoms with E-state index in [0.29, 0.717) is 0 Å². The van der Waals surface area contributed by atoms with Gasteiger partial charge < -0.3 is 5.32 Å². The monoisotopic (exact) mass is 309 g/mol. The van der Waals surface area contributed by atoms with Gasteiger partial charge in [-0.15, -0.1) is 11.3 Å². The SMILES string of the molecule is Cc1ccc(C)c(-n2nc(Cc3cccs3)c3c2NCC3)c1. The summed E-state index contributed by atoms with van der Waals surface area (Å²) in [6.45, 7) is 5.29. The van der Waals surface area contributed by atoms with Crippen LogP contribution in [0, 0.1) is 13.8 Å². The maximum absolute atomic E-state index is 4.94. The third-order valence-corrected chi connectivity index (χ3v) is 5.13. The van der Waals surface area contributed by atoms with E-state index in [0.717, 1.165) is 19.4 Å². The predicted octanol–water partition coefficient (Wildman–Crippen LogP) is 4.11. The largest absolute Gasteiger partial charge is 0.369 e. The van der Waals surface area contributed by atoms with Gasteiger partial charge in [-0.05, 0) is 48.9 Å². The minimum absolute atomic E-state index is 0.930. The van der Waals surface area contributed by atoms with Crippen LogP contribution in [0.25, 0.3) is 5.69 Å². The third kappa shape index (κ3) is 2.24. The molecule has 1 N–H and O–H groups in total. The van der Waals surface area contributed by atoms with E-state index < -0.39 is 0 Å². The van der Waals surface area contributed by atoms with Gasteiger partial charge in [0.15, 0.2) is 0 Å². The molecule has 1 aliphatic rings. The summed E-state index contributed by atoms with van der Waals surface area (Å²) in [6.07, 6.45) is 2.00. The molecule has 22 heavy (non-hydrogen) atoms. The minimum atomic E-state index is 0.930. The first kappa shape index (κ1) is 13.6. The molecule has 4 heteroatoms. The van der Waals surface area contributed by atoms with Crippen molar-refractivity contribution in [3.63, 3.8) is 0 Å². The van der Waals surface area contributed by atoms with Crippen molar-refractivity contribution in [3.05, 3.63) is 63.0 Å². The van der Waals surface area contributed by atoms with Crippen molar-refractivity contribution >= 4 is 17.2 Å². The van der Waals surface area contributed by atoms with E-state index in [1.807, 2.05) is 0 Å². The smallest absolute Gasteiger partial charge is 0.133 e. The number of aryl methyl sites for hydroxylation is 2. The molecular formula is C18H19N3S. The van der Waals surface area contributed by atoms with E-state index in [1.165, 1.54) is 38.8 Å². The van der Waals surface area contributed by atoms with Crippen LogP contribution in [0.5, 0.6) is 0 Å². The van der Waals surface area contributed by atoms with Gasteiger partial charge in [0.25, 0.3) is 0 Å². The molecule has 0 radical (unpaired) electrons. The van der Waals surface area contributed by atoms with Gasteiger partial charge in [0.05, 0.1) is 11.4 Å². The highest BCUT2D eigenvalue weighted by molar-refractivity contribution is 7.09. The van der Waals surface area contributed by atoms with Crippen LogP contribution in [0.2, 0.25) is 0 Å². The van der Waals surface area contributed by atoms with Crippen LogP contribution < -0.4 is 5.32 Å².